The summed E-state index contributed by atoms with van der Waals surface area (Å²) in [6.07, 6.45) is 0. The average molecular weight is 276 g/mol. The van der Waals surface area contributed by atoms with Crippen LogP contribution in [0.15, 0.2) is 22.6 Å². The first-order valence-corrected chi connectivity index (χ1v) is 6.43. The van der Waals surface area contributed by atoms with Crippen molar-refractivity contribution in [2.75, 3.05) is 5.32 Å². The summed E-state index contributed by atoms with van der Waals surface area (Å²) < 4.78 is 18.5. The summed E-state index contributed by atoms with van der Waals surface area (Å²) >= 11 is 0. The zero-order chi connectivity index (χ0) is 14.9. The molecule has 0 aliphatic rings. The van der Waals surface area contributed by atoms with Gasteiger partial charge in [-0.3, -0.25) is 4.79 Å². The number of nitrogens with zero attached hydrogens (tertiary/aromatic N) is 1. The van der Waals surface area contributed by atoms with Gasteiger partial charge in [-0.15, -0.1) is 0 Å². The number of carbonyl (C=O) groups excluding carboxylic acids is 1. The van der Waals surface area contributed by atoms with Gasteiger partial charge in [-0.05, 0) is 37.6 Å². The molecule has 20 heavy (non-hydrogen) atoms. The molecule has 0 spiro atoms. The van der Waals surface area contributed by atoms with E-state index in [4.69, 9.17) is 4.42 Å². The molecule has 0 aliphatic carbocycles. The smallest absolute Gasteiger partial charge is 0.277 e. The summed E-state index contributed by atoms with van der Waals surface area (Å²) in [7, 11) is 0. The Labute approximate surface area is 117 Å². The van der Waals surface area contributed by atoms with Crippen LogP contribution in [0, 0.1) is 19.7 Å². The fourth-order valence-electron chi connectivity index (χ4n) is 1.82. The third-order valence-corrected chi connectivity index (χ3v) is 2.96. The Morgan fingerprint density at radius 2 is 2.05 bits per heavy atom. The van der Waals surface area contributed by atoms with Crippen molar-refractivity contribution in [1.29, 1.82) is 0 Å². The van der Waals surface area contributed by atoms with E-state index in [1.54, 1.807) is 13.8 Å². The Morgan fingerprint density at radius 1 is 1.35 bits per heavy atom. The van der Waals surface area contributed by atoms with Crippen molar-refractivity contribution in [2.45, 2.75) is 33.6 Å². The predicted molar refractivity (Wildman–Crippen MR) is 74.4 cm³/mol. The summed E-state index contributed by atoms with van der Waals surface area (Å²) in [6.45, 7) is 7.31. The van der Waals surface area contributed by atoms with Crippen molar-refractivity contribution in [1.82, 2.24) is 4.98 Å². The molecule has 0 fully saturated rings. The van der Waals surface area contributed by atoms with Crippen LogP contribution in [0.4, 0.5) is 10.1 Å². The van der Waals surface area contributed by atoms with Gasteiger partial charge in [0.25, 0.3) is 5.91 Å². The number of benzene rings is 1. The van der Waals surface area contributed by atoms with E-state index in [0.717, 1.165) is 0 Å². The van der Waals surface area contributed by atoms with Gasteiger partial charge in [0.15, 0.2) is 11.6 Å². The van der Waals surface area contributed by atoms with E-state index in [9.17, 15) is 9.18 Å². The molecular weight excluding hydrogens is 259 g/mol. The minimum atomic E-state index is -0.354. The first-order chi connectivity index (χ1) is 9.38. The van der Waals surface area contributed by atoms with Crippen LogP contribution in [0.3, 0.4) is 0 Å². The molecule has 1 aromatic carbocycles. The summed E-state index contributed by atoms with van der Waals surface area (Å²) in [5.74, 6) is 0.435. The Balaban J connectivity index is 2.24. The van der Waals surface area contributed by atoms with Crippen molar-refractivity contribution < 1.29 is 13.6 Å². The van der Waals surface area contributed by atoms with Crippen LogP contribution in [0.1, 0.15) is 47.5 Å². The number of halogens is 1. The normalized spacial score (nSPS) is 10.9. The lowest BCUT2D eigenvalue weighted by Gasteiger charge is -2.07. The molecule has 2 rings (SSSR count). The predicted octanol–water partition coefficient (Wildman–Crippen LogP) is 3.81. The van der Waals surface area contributed by atoms with Crippen LogP contribution in [0.25, 0.3) is 0 Å². The third-order valence-electron chi connectivity index (χ3n) is 2.96. The van der Waals surface area contributed by atoms with Gasteiger partial charge >= 0.3 is 0 Å². The fraction of sp³-hybridized carbons (Fsp3) is 0.333. The van der Waals surface area contributed by atoms with Crippen LogP contribution in [0.2, 0.25) is 0 Å². The Kier molecular flexibility index (Phi) is 3.88. The molecule has 0 aliphatic heterocycles. The summed E-state index contributed by atoms with van der Waals surface area (Å²) in [4.78, 5) is 16.4. The number of nitrogens with one attached hydrogen (secondary N) is 1. The van der Waals surface area contributed by atoms with Crippen LogP contribution < -0.4 is 5.32 Å². The number of amides is 1. The van der Waals surface area contributed by atoms with E-state index in [1.807, 2.05) is 13.8 Å². The Bertz CT molecular complexity index is 647. The maximum absolute atomic E-state index is 13.0. The lowest BCUT2D eigenvalue weighted by Crippen LogP contribution is -2.14. The molecule has 1 amide bonds. The van der Waals surface area contributed by atoms with Gasteiger partial charge in [0.05, 0.1) is 0 Å². The van der Waals surface area contributed by atoms with E-state index in [0.29, 0.717) is 22.9 Å². The second kappa shape index (κ2) is 5.45. The zero-order valence-electron chi connectivity index (χ0n) is 12.0. The topological polar surface area (TPSA) is 55.1 Å². The van der Waals surface area contributed by atoms with E-state index in [1.165, 1.54) is 18.2 Å². The van der Waals surface area contributed by atoms with E-state index in [-0.39, 0.29) is 23.3 Å². The molecule has 0 atom stereocenters. The highest BCUT2D eigenvalue weighted by atomic mass is 19.1. The van der Waals surface area contributed by atoms with Gasteiger partial charge < -0.3 is 9.73 Å². The van der Waals surface area contributed by atoms with Crippen molar-refractivity contribution in [3.8, 4) is 0 Å². The maximum Gasteiger partial charge on any atom is 0.277 e. The molecule has 1 aromatic heterocycles. The first kappa shape index (κ1) is 14.2. The van der Waals surface area contributed by atoms with Crippen molar-refractivity contribution in [3.05, 3.63) is 46.9 Å². The number of aromatic nitrogens is 1. The van der Waals surface area contributed by atoms with Gasteiger partial charge in [0, 0.05) is 11.6 Å². The Morgan fingerprint density at radius 3 is 2.60 bits per heavy atom. The number of hydrogen-bond acceptors (Lipinski definition) is 3. The van der Waals surface area contributed by atoms with Gasteiger partial charge in [-0.25, -0.2) is 9.37 Å². The molecule has 2 aromatic rings. The highest BCUT2D eigenvalue weighted by molar-refractivity contribution is 6.03. The lowest BCUT2D eigenvalue weighted by atomic mass is 10.2. The van der Waals surface area contributed by atoms with Gasteiger partial charge in [-0.2, -0.15) is 0 Å². The zero-order valence-corrected chi connectivity index (χ0v) is 12.0. The Hall–Kier alpha value is -2.17. The van der Waals surface area contributed by atoms with Gasteiger partial charge in [0.1, 0.15) is 11.6 Å². The van der Waals surface area contributed by atoms with Crippen molar-refractivity contribution in [3.63, 3.8) is 0 Å². The standard InChI is InChI=1S/C15H17FN2O2/c1-8(2)15-18-13(10(4)20-15)14(19)17-12-6-5-11(16)7-9(12)3/h5-8H,1-4H3,(H,17,19). The highest BCUT2D eigenvalue weighted by Gasteiger charge is 2.19. The van der Waals surface area contributed by atoms with Crippen LogP contribution in [-0.2, 0) is 0 Å². The molecule has 0 saturated heterocycles. The number of carbonyl (C=O) groups is 1. The molecule has 1 heterocycles. The van der Waals surface area contributed by atoms with Crippen molar-refractivity contribution in [2.24, 2.45) is 0 Å². The molecule has 4 nitrogen and oxygen atoms in total. The summed E-state index contributed by atoms with van der Waals surface area (Å²) in [5.41, 5.74) is 1.48. The van der Waals surface area contributed by atoms with Gasteiger partial charge in [-0.1, -0.05) is 13.8 Å². The second-order valence-corrected chi connectivity index (χ2v) is 5.02. The second-order valence-electron chi connectivity index (χ2n) is 5.02. The minimum absolute atomic E-state index is 0.114. The molecule has 106 valence electrons. The molecular formula is C15H17FN2O2. The maximum atomic E-state index is 13.0. The van der Waals surface area contributed by atoms with Crippen LogP contribution >= 0.6 is 0 Å². The minimum Gasteiger partial charge on any atom is -0.445 e. The number of hydrogen-bond donors (Lipinski definition) is 1. The largest absolute Gasteiger partial charge is 0.445 e. The van der Waals surface area contributed by atoms with E-state index in [2.05, 4.69) is 10.3 Å². The lowest BCUT2D eigenvalue weighted by molar-refractivity contribution is 0.102. The quantitative estimate of drug-likeness (QED) is 0.927. The van der Waals surface area contributed by atoms with Crippen molar-refractivity contribution >= 4 is 11.6 Å². The highest BCUT2D eigenvalue weighted by Crippen LogP contribution is 2.20. The van der Waals surface area contributed by atoms with Gasteiger partial charge in [0.2, 0.25) is 0 Å². The third kappa shape index (κ3) is 2.87. The SMILES string of the molecule is Cc1cc(F)ccc1NC(=O)c1nc(C(C)C)oc1C. The monoisotopic (exact) mass is 276 g/mol. The number of anilines is 1. The summed E-state index contributed by atoms with van der Waals surface area (Å²) in [6, 6.07) is 4.20. The van der Waals surface area contributed by atoms with Crippen LogP contribution in [-0.4, -0.2) is 10.9 Å². The molecule has 0 radical (unpaired) electrons. The number of rotatable bonds is 3. The summed E-state index contributed by atoms with van der Waals surface area (Å²) in [5, 5.41) is 2.72. The molecule has 0 unspecified atom stereocenters. The molecule has 0 saturated carbocycles. The number of aryl methyl sites for hydroxylation is 2. The molecule has 5 heteroatoms. The average Bonchev–Trinajstić information content (AvgIpc) is 2.75. The molecule has 1 N–H and O–H groups in total. The van der Waals surface area contributed by atoms with E-state index >= 15 is 0 Å². The fourth-order valence-corrected chi connectivity index (χ4v) is 1.82. The van der Waals surface area contributed by atoms with E-state index < -0.39 is 0 Å². The first-order valence-electron chi connectivity index (χ1n) is 6.43. The molecule has 0 bridgehead atoms. The van der Waals surface area contributed by atoms with Crippen LogP contribution in [0.5, 0.6) is 0 Å². The number of oxazole rings is 1.